The molecule has 128 valence electrons. The number of hydrogen-bond acceptors (Lipinski definition) is 3. The first kappa shape index (κ1) is 18.9. The Bertz CT molecular complexity index is 793. The molecule has 2 aromatic rings. The Hall–Kier alpha value is -2.48. The summed E-state index contributed by atoms with van der Waals surface area (Å²) in [4.78, 5) is 12.1. The van der Waals surface area contributed by atoms with Crippen LogP contribution in [0, 0.1) is 11.3 Å². The van der Waals surface area contributed by atoms with Crippen LogP contribution in [-0.4, -0.2) is 12.5 Å². The van der Waals surface area contributed by atoms with Crippen molar-refractivity contribution < 1.29 is 9.53 Å². The summed E-state index contributed by atoms with van der Waals surface area (Å²) in [6.45, 7) is 0.454. The second-order valence-corrected chi connectivity index (χ2v) is 5.91. The monoisotopic (exact) mass is 374 g/mol. The molecule has 6 heteroatoms. The zero-order chi connectivity index (χ0) is 18.1. The van der Waals surface area contributed by atoms with Crippen molar-refractivity contribution in [1.82, 2.24) is 0 Å². The van der Waals surface area contributed by atoms with Gasteiger partial charge in [0.05, 0.1) is 12.7 Å². The van der Waals surface area contributed by atoms with Gasteiger partial charge in [-0.2, -0.15) is 5.26 Å². The van der Waals surface area contributed by atoms with Crippen molar-refractivity contribution in [2.75, 3.05) is 11.9 Å². The number of unbranched alkanes of at least 4 members (excludes halogenated alkanes) is 1. The van der Waals surface area contributed by atoms with Crippen molar-refractivity contribution in [1.29, 1.82) is 5.26 Å². The van der Waals surface area contributed by atoms with Crippen molar-refractivity contribution in [3.63, 3.8) is 0 Å². The van der Waals surface area contributed by atoms with Crippen molar-refractivity contribution in [3.8, 4) is 11.8 Å². The number of rotatable bonds is 7. The summed E-state index contributed by atoms with van der Waals surface area (Å²) < 4.78 is 5.54. The van der Waals surface area contributed by atoms with E-state index in [-0.39, 0.29) is 5.91 Å². The third-order valence-electron chi connectivity index (χ3n) is 3.20. The summed E-state index contributed by atoms with van der Waals surface area (Å²) >= 11 is 12.1. The van der Waals surface area contributed by atoms with Gasteiger partial charge < -0.3 is 10.1 Å². The quantitative estimate of drug-likeness (QED) is 0.526. The molecule has 0 atom stereocenters. The molecule has 0 spiro atoms. The fourth-order valence-corrected chi connectivity index (χ4v) is 2.54. The second-order valence-electron chi connectivity index (χ2n) is 5.10. The first-order valence-electron chi connectivity index (χ1n) is 7.63. The van der Waals surface area contributed by atoms with Crippen LogP contribution in [0.1, 0.15) is 18.4 Å². The number of nitrogens with zero attached hydrogens (tertiary/aromatic N) is 1. The molecule has 1 N–H and O–H groups in total. The average Bonchev–Trinajstić information content (AvgIpc) is 2.59. The number of nitrogens with one attached hydrogen (secondary N) is 1. The fraction of sp³-hybridized carbons (Fsp3) is 0.158. The minimum absolute atomic E-state index is 0.308. The molecule has 0 saturated heterocycles. The van der Waals surface area contributed by atoms with Gasteiger partial charge in [0, 0.05) is 39.9 Å². The van der Waals surface area contributed by atoms with Crippen LogP contribution in [0.2, 0.25) is 10.0 Å². The topological polar surface area (TPSA) is 62.1 Å². The second kappa shape index (κ2) is 9.73. The summed E-state index contributed by atoms with van der Waals surface area (Å²) in [5.74, 6) is 0.325. The summed E-state index contributed by atoms with van der Waals surface area (Å²) in [6.07, 6.45) is 4.05. The van der Waals surface area contributed by atoms with Crippen molar-refractivity contribution >= 4 is 40.9 Å². The molecule has 0 fully saturated rings. The molecule has 0 aliphatic carbocycles. The number of amides is 1. The minimum atomic E-state index is -0.308. The Labute approximate surface area is 156 Å². The molecule has 0 aromatic heterocycles. The zero-order valence-corrected chi connectivity index (χ0v) is 14.8. The van der Waals surface area contributed by atoms with Crippen LogP contribution in [0.3, 0.4) is 0 Å². The van der Waals surface area contributed by atoms with Crippen LogP contribution >= 0.6 is 23.2 Å². The van der Waals surface area contributed by atoms with Gasteiger partial charge in [-0.3, -0.25) is 4.79 Å². The number of anilines is 1. The smallest absolute Gasteiger partial charge is 0.248 e. The van der Waals surface area contributed by atoms with Gasteiger partial charge in [0.2, 0.25) is 5.91 Å². The van der Waals surface area contributed by atoms with Gasteiger partial charge in [-0.25, -0.2) is 0 Å². The van der Waals surface area contributed by atoms with Crippen molar-refractivity contribution in [2.45, 2.75) is 12.8 Å². The van der Waals surface area contributed by atoms with E-state index in [0.717, 1.165) is 0 Å². The first-order chi connectivity index (χ1) is 12.1. The molecule has 0 unspecified atom stereocenters. The number of nitriles is 1. The highest BCUT2D eigenvalue weighted by Gasteiger charge is 2.04. The van der Waals surface area contributed by atoms with E-state index in [9.17, 15) is 4.79 Å². The molecular weight excluding hydrogens is 359 g/mol. The van der Waals surface area contributed by atoms with Crippen LogP contribution in [0.25, 0.3) is 6.08 Å². The third-order valence-corrected chi connectivity index (χ3v) is 3.86. The molecule has 0 aliphatic rings. The van der Waals surface area contributed by atoms with E-state index < -0.39 is 0 Å². The number of halogens is 2. The van der Waals surface area contributed by atoms with Gasteiger partial charge >= 0.3 is 0 Å². The highest BCUT2D eigenvalue weighted by Crippen LogP contribution is 2.25. The molecule has 25 heavy (non-hydrogen) atoms. The van der Waals surface area contributed by atoms with Gasteiger partial charge in [-0.1, -0.05) is 35.3 Å². The molecule has 1 amide bonds. The SMILES string of the molecule is N#CCCCOc1cccc(NC(=O)/C=C/c2c(Cl)cccc2Cl)c1. The molecular formula is C19H16Cl2N2O2. The number of hydrogen-bond donors (Lipinski definition) is 1. The van der Waals surface area contributed by atoms with Crippen molar-refractivity contribution in [2.24, 2.45) is 0 Å². The lowest BCUT2D eigenvalue weighted by Gasteiger charge is -2.07. The lowest BCUT2D eigenvalue weighted by molar-refractivity contribution is -0.111. The van der Waals surface area contributed by atoms with E-state index in [1.54, 1.807) is 48.5 Å². The number of benzene rings is 2. The Kier molecular flexibility index (Phi) is 7.34. The zero-order valence-electron chi connectivity index (χ0n) is 13.3. The summed E-state index contributed by atoms with van der Waals surface area (Å²) in [5.41, 5.74) is 1.20. The van der Waals surface area contributed by atoms with E-state index >= 15 is 0 Å². The Morgan fingerprint density at radius 1 is 1.20 bits per heavy atom. The normalized spacial score (nSPS) is 10.4. The van der Waals surface area contributed by atoms with E-state index in [0.29, 0.717) is 46.5 Å². The van der Waals surface area contributed by atoms with Crippen LogP contribution in [0.5, 0.6) is 5.75 Å². The summed E-state index contributed by atoms with van der Waals surface area (Å²) in [7, 11) is 0. The fourth-order valence-electron chi connectivity index (χ4n) is 2.02. The lowest BCUT2D eigenvalue weighted by atomic mass is 10.2. The van der Waals surface area contributed by atoms with Gasteiger partial charge in [0.1, 0.15) is 5.75 Å². The number of carbonyl (C=O) groups excluding carboxylic acids is 1. The molecule has 2 rings (SSSR count). The Morgan fingerprint density at radius 2 is 1.92 bits per heavy atom. The Morgan fingerprint density at radius 3 is 2.64 bits per heavy atom. The van der Waals surface area contributed by atoms with Crippen molar-refractivity contribution in [3.05, 3.63) is 64.1 Å². The van der Waals surface area contributed by atoms with Gasteiger partial charge in [-0.15, -0.1) is 0 Å². The van der Waals surface area contributed by atoms with Crippen LogP contribution in [0.15, 0.2) is 48.5 Å². The molecule has 0 bridgehead atoms. The summed E-state index contributed by atoms with van der Waals surface area (Å²) in [5, 5.41) is 12.2. The highest BCUT2D eigenvalue weighted by atomic mass is 35.5. The predicted octanol–water partition coefficient (Wildman–Crippen LogP) is 5.33. The minimum Gasteiger partial charge on any atom is -0.493 e. The first-order valence-corrected chi connectivity index (χ1v) is 8.38. The lowest BCUT2D eigenvalue weighted by Crippen LogP contribution is -2.08. The third kappa shape index (κ3) is 6.15. The van der Waals surface area contributed by atoms with E-state index in [4.69, 9.17) is 33.2 Å². The molecule has 4 nitrogen and oxygen atoms in total. The van der Waals surface area contributed by atoms with Gasteiger partial charge in [0.15, 0.2) is 0 Å². The maximum atomic E-state index is 12.1. The standard InChI is InChI=1S/C19H16Cl2N2O2/c20-17-7-4-8-18(21)16(17)9-10-19(24)23-14-5-3-6-15(13-14)25-12-2-1-11-22/h3-10,13H,1-2,12H2,(H,23,24)/b10-9+. The number of ether oxygens (including phenoxy) is 1. The predicted molar refractivity (Wildman–Crippen MR) is 101 cm³/mol. The molecule has 2 aromatic carbocycles. The summed E-state index contributed by atoms with van der Waals surface area (Å²) in [6, 6.07) is 14.3. The van der Waals surface area contributed by atoms with E-state index in [1.165, 1.54) is 6.08 Å². The Balaban J connectivity index is 1.96. The molecule has 0 saturated carbocycles. The van der Waals surface area contributed by atoms with Crippen LogP contribution in [-0.2, 0) is 4.79 Å². The molecule has 0 heterocycles. The molecule has 0 radical (unpaired) electrons. The highest BCUT2D eigenvalue weighted by molar-refractivity contribution is 6.37. The van der Waals surface area contributed by atoms with Gasteiger partial charge in [0.25, 0.3) is 0 Å². The maximum Gasteiger partial charge on any atom is 0.248 e. The van der Waals surface area contributed by atoms with Crippen LogP contribution in [0.4, 0.5) is 5.69 Å². The number of carbonyl (C=O) groups is 1. The largest absolute Gasteiger partial charge is 0.493 e. The van der Waals surface area contributed by atoms with E-state index in [1.807, 2.05) is 0 Å². The maximum absolute atomic E-state index is 12.1. The van der Waals surface area contributed by atoms with Gasteiger partial charge in [-0.05, 0) is 36.8 Å². The van der Waals surface area contributed by atoms with Crippen LogP contribution < -0.4 is 10.1 Å². The average molecular weight is 375 g/mol. The van der Waals surface area contributed by atoms with E-state index in [2.05, 4.69) is 11.4 Å². The molecule has 0 aliphatic heterocycles.